The Labute approximate surface area is 69.6 Å². The van der Waals surface area contributed by atoms with E-state index < -0.39 is 18.7 Å². The Morgan fingerprint density at radius 3 is 2.25 bits per heavy atom. The van der Waals surface area contributed by atoms with E-state index in [4.69, 9.17) is 25.5 Å². The van der Waals surface area contributed by atoms with Crippen molar-refractivity contribution in [3.63, 3.8) is 0 Å². The topological polar surface area (TPSA) is 110 Å². The van der Waals surface area contributed by atoms with Gasteiger partial charge in [0.2, 0.25) is 0 Å². The molecule has 0 aromatic carbocycles. The van der Waals surface area contributed by atoms with Crippen LogP contribution >= 0.6 is 0 Å². The third kappa shape index (κ3) is 7.86. The minimum Gasteiger partial charge on any atom is -0.394 e. The molecule has 0 rings (SSSR count). The molecule has 0 amide bonds. The van der Waals surface area contributed by atoms with Gasteiger partial charge in [-0.25, -0.2) is 0 Å². The Balaban J connectivity index is 3.22. The number of hydrogen-bond donors (Lipinski definition) is 5. The van der Waals surface area contributed by atoms with E-state index in [9.17, 15) is 0 Å². The summed E-state index contributed by atoms with van der Waals surface area (Å²) in [5.74, 6) is -2.73. The molecule has 0 aliphatic carbocycles. The van der Waals surface area contributed by atoms with Gasteiger partial charge in [-0.3, -0.25) is 0 Å². The van der Waals surface area contributed by atoms with E-state index in [1.807, 2.05) is 0 Å². The Bertz CT molecular complexity index is 109. The van der Waals surface area contributed by atoms with Gasteiger partial charge in [0.15, 0.2) is 0 Å². The van der Waals surface area contributed by atoms with Crippen molar-refractivity contribution >= 4 is 0 Å². The molecule has 6 nitrogen and oxygen atoms in total. The van der Waals surface area contributed by atoms with E-state index in [1.165, 1.54) is 0 Å². The lowest BCUT2D eigenvalue weighted by molar-refractivity contribution is -0.318. The molecule has 1 atom stereocenters. The van der Waals surface area contributed by atoms with Crippen molar-refractivity contribution in [3.8, 4) is 0 Å². The van der Waals surface area contributed by atoms with Gasteiger partial charge in [-0.2, -0.15) is 0 Å². The van der Waals surface area contributed by atoms with Crippen molar-refractivity contribution in [2.24, 2.45) is 0 Å². The Morgan fingerprint density at radius 1 is 1.25 bits per heavy atom. The van der Waals surface area contributed by atoms with Gasteiger partial charge in [-0.1, -0.05) is 0 Å². The minimum absolute atomic E-state index is 0.105. The van der Waals surface area contributed by atoms with E-state index in [2.05, 4.69) is 4.74 Å². The summed E-state index contributed by atoms with van der Waals surface area (Å²) in [6.45, 7) is -0.629. The average Bonchev–Trinajstić information content (AvgIpc) is 1.96. The van der Waals surface area contributed by atoms with Crippen LogP contribution in [0.5, 0.6) is 0 Å². The zero-order chi connectivity index (χ0) is 9.61. The molecule has 0 aromatic rings. The van der Waals surface area contributed by atoms with E-state index in [0.717, 1.165) is 0 Å². The summed E-state index contributed by atoms with van der Waals surface area (Å²) >= 11 is 0. The van der Waals surface area contributed by atoms with E-state index >= 15 is 0 Å². The van der Waals surface area contributed by atoms with Gasteiger partial charge < -0.3 is 30.3 Å². The first kappa shape index (κ1) is 11.8. The molecule has 0 bridgehead atoms. The Kier molecular flexibility index (Phi) is 5.31. The highest BCUT2D eigenvalue weighted by molar-refractivity contribution is 4.50. The lowest BCUT2D eigenvalue weighted by atomic mass is 10.4. The van der Waals surface area contributed by atoms with E-state index in [-0.39, 0.29) is 19.6 Å². The largest absolute Gasteiger partial charge is 0.394 e. The van der Waals surface area contributed by atoms with Crippen molar-refractivity contribution < 1.29 is 30.3 Å². The quantitative estimate of drug-likeness (QED) is 0.227. The zero-order valence-electron chi connectivity index (χ0n) is 6.55. The maximum absolute atomic E-state index is 8.72. The molecule has 6 heteroatoms. The number of aliphatic hydroxyl groups is 5. The molecule has 0 aliphatic heterocycles. The van der Waals surface area contributed by atoms with Crippen LogP contribution in [0.1, 0.15) is 6.42 Å². The summed E-state index contributed by atoms with van der Waals surface area (Å²) in [4.78, 5) is 0. The number of hydrogen-bond acceptors (Lipinski definition) is 6. The van der Waals surface area contributed by atoms with E-state index in [0.29, 0.717) is 0 Å². The van der Waals surface area contributed by atoms with Crippen LogP contribution in [0.25, 0.3) is 0 Å². The third-order valence-corrected chi connectivity index (χ3v) is 1.10. The molecule has 74 valence electrons. The summed E-state index contributed by atoms with van der Waals surface area (Å²) in [7, 11) is 0. The fourth-order valence-electron chi connectivity index (χ4n) is 0.481. The molecule has 5 N–H and O–H groups in total. The zero-order valence-corrected chi connectivity index (χ0v) is 6.55. The maximum Gasteiger partial charge on any atom is 0.277 e. The summed E-state index contributed by atoms with van der Waals surface area (Å²) in [6.07, 6.45) is -1.35. The SMILES string of the molecule is OCC(O)COCCC(O)(O)O. The number of aliphatic hydroxyl groups excluding tert-OH is 2. The predicted octanol–water partition coefficient (Wildman–Crippen LogP) is -2.62. The average molecular weight is 182 g/mol. The van der Waals surface area contributed by atoms with Gasteiger partial charge in [0.25, 0.3) is 5.97 Å². The standard InChI is InChI=1S/C6H14O6/c7-3-5(8)4-12-2-1-6(9,10)11/h5,7-11H,1-4H2. The second kappa shape index (κ2) is 5.41. The molecule has 0 fully saturated rings. The Hall–Kier alpha value is -0.240. The van der Waals surface area contributed by atoms with Crippen LogP contribution in [0.2, 0.25) is 0 Å². The van der Waals surface area contributed by atoms with Crippen LogP contribution in [0.15, 0.2) is 0 Å². The molecule has 12 heavy (non-hydrogen) atoms. The molecule has 0 saturated carbocycles. The minimum atomic E-state index is -2.73. The van der Waals surface area contributed by atoms with Crippen molar-refractivity contribution in [1.29, 1.82) is 0 Å². The van der Waals surface area contributed by atoms with Crippen molar-refractivity contribution in [2.45, 2.75) is 18.5 Å². The summed E-state index contributed by atoms with van der Waals surface area (Å²) in [5.41, 5.74) is 0. The molecular formula is C6H14O6. The van der Waals surface area contributed by atoms with E-state index in [1.54, 1.807) is 0 Å². The van der Waals surface area contributed by atoms with Crippen LogP contribution in [0.4, 0.5) is 0 Å². The van der Waals surface area contributed by atoms with Gasteiger partial charge in [0.1, 0.15) is 6.10 Å². The second-order valence-electron chi connectivity index (χ2n) is 2.44. The second-order valence-corrected chi connectivity index (χ2v) is 2.44. The molecule has 1 unspecified atom stereocenters. The lowest BCUT2D eigenvalue weighted by Crippen LogP contribution is -2.29. The third-order valence-electron chi connectivity index (χ3n) is 1.10. The predicted molar refractivity (Wildman–Crippen MR) is 37.9 cm³/mol. The molecule has 0 aliphatic rings. The van der Waals surface area contributed by atoms with Crippen LogP contribution < -0.4 is 0 Å². The molecular weight excluding hydrogens is 168 g/mol. The van der Waals surface area contributed by atoms with Gasteiger partial charge in [0, 0.05) is 0 Å². The summed E-state index contributed by atoms with van der Waals surface area (Å²) in [5, 5.41) is 42.1. The molecule has 0 saturated heterocycles. The molecule has 0 heterocycles. The monoisotopic (exact) mass is 182 g/mol. The highest BCUT2D eigenvalue weighted by Crippen LogP contribution is 1.99. The molecule has 0 radical (unpaired) electrons. The molecule has 0 spiro atoms. The summed E-state index contributed by atoms with van der Waals surface area (Å²) in [6, 6.07) is 0. The maximum atomic E-state index is 8.72. The Morgan fingerprint density at radius 2 is 1.83 bits per heavy atom. The number of ether oxygens (including phenoxy) is 1. The van der Waals surface area contributed by atoms with Crippen molar-refractivity contribution in [2.75, 3.05) is 19.8 Å². The van der Waals surface area contributed by atoms with Gasteiger partial charge >= 0.3 is 0 Å². The fraction of sp³-hybridized carbons (Fsp3) is 1.00. The van der Waals surface area contributed by atoms with Gasteiger partial charge in [-0.05, 0) is 0 Å². The van der Waals surface area contributed by atoms with Crippen molar-refractivity contribution in [1.82, 2.24) is 0 Å². The highest BCUT2D eigenvalue weighted by Gasteiger charge is 2.17. The lowest BCUT2D eigenvalue weighted by Gasteiger charge is -2.14. The first-order valence-electron chi connectivity index (χ1n) is 3.49. The first-order valence-corrected chi connectivity index (χ1v) is 3.49. The normalized spacial score (nSPS) is 14.8. The van der Waals surface area contributed by atoms with Gasteiger partial charge in [-0.15, -0.1) is 0 Å². The van der Waals surface area contributed by atoms with Gasteiger partial charge in [0.05, 0.1) is 26.2 Å². The highest BCUT2D eigenvalue weighted by atomic mass is 16.7. The molecule has 0 aromatic heterocycles. The fourth-order valence-corrected chi connectivity index (χ4v) is 0.481. The summed E-state index contributed by atoms with van der Waals surface area (Å²) < 4.78 is 4.67. The first-order chi connectivity index (χ1) is 5.45. The number of rotatable bonds is 6. The van der Waals surface area contributed by atoms with Crippen LogP contribution in [-0.2, 0) is 4.74 Å². The van der Waals surface area contributed by atoms with Crippen LogP contribution in [-0.4, -0.2) is 57.4 Å². The smallest absolute Gasteiger partial charge is 0.277 e. The van der Waals surface area contributed by atoms with Crippen LogP contribution in [0, 0.1) is 0 Å². The van der Waals surface area contributed by atoms with Crippen molar-refractivity contribution in [3.05, 3.63) is 0 Å². The van der Waals surface area contributed by atoms with Crippen LogP contribution in [0.3, 0.4) is 0 Å².